The fraction of sp³-hybridized carbons (Fsp3) is 0.346. The number of amides is 1. The molecule has 0 saturated heterocycles. The van der Waals surface area contributed by atoms with Gasteiger partial charge in [0.15, 0.2) is 6.61 Å². The summed E-state index contributed by atoms with van der Waals surface area (Å²) in [6.07, 6.45) is -2.24. The average Bonchev–Trinajstić information content (AvgIpc) is 3.83. The molecule has 0 atom stereocenters. The topological polar surface area (TPSA) is 160 Å². The number of carbonyl (C=O) groups excluding carboxylic acids is 1. The minimum Gasteiger partial charge on any atom is -0.478 e. The van der Waals surface area contributed by atoms with Crippen molar-refractivity contribution in [1.82, 2.24) is 19.7 Å². The third-order valence-corrected chi connectivity index (χ3v) is 8.41. The molecule has 1 aromatic heterocycles. The van der Waals surface area contributed by atoms with Gasteiger partial charge in [0.25, 0.3) is 5.91 Å². The van der Waals surface area contributed by atoms with Crippen molar-refractivity contribution in [3.8, 4) is 6.01 Å². The van der Waals surface area contributed by atoms with Crippen LogP contribution in [0.5, 0.6) is 6.01 Å². The van der Waals surface area contributed by atoms with Gasteiger partial charge in [0, 0.05) is 12.0 Å². The number of alkyl halides is 3. The van der Waals surface area contributed by atoms with Crippen molar-refractivity contribution < 1.29 is 41.0 Å². The van der Waals surface area contributed by atoms with E-state index in [2.05, 4.69) is 25.0 Å². The molecule has 0 radical (unpaired) electrons. The van der Waals surface area contributed by atoms with Crippen LogP contribution in [0.15, 0.2) is 48.5 Å². The van der Waals surface area contributed by atoms with Crippen molar-refractivity contribution in [2.24, 2.45) is 0 Å². The maximum atomic E-state index is 12.8. The van der Waals surface area contributed by atoms with Gasteiger partial charge < -0.3 is 15.2 Å². The van der Waals surface area contributed by atoms with Crippen LogP contribution in [-0.4, -0.2) is 58.4 Å². The van der Waals surface area contributed by atoms with E-state index in [-0.39, 0.29) is 29.3 Å². The quantitative estimate of drug-likeness (QED) is 0.301. The number of carboxylic acids is 1. The van der Waals surface area contributed by atoms with Crippen LogP contribution in [0.25, 0.3) is 0 Å². The molecule has 0 aliphatic heterocycles. The number of sulfonamides is 1. The number of aromatic nitrogens is 3. The molecule has 0 bridgehead atoms. The Bertz CT molecular complexity index is 1570. The van der Waals surface area contributed by atoms with Crippen molar-refractivity contribution >= 4 is 27.8 Å². The zero-order valence-electron chi connectivity index (χ0n) is 21.3. The molecule has 41 heavy (non-hydrogen) atoms. The van der Waals surface area contributed by atoms with Crippen molar-refractivity contribution in [3.05, 3.63) is 76.6 Å². The van der Waals surface area contributed by atoms with Crippen LogP contribution in [-0.2, 0) is 22.0 Å². The Morgan fingerprint density at radius 2 is 1.61 bits per heavy atom. The Kier molecular flexibility index (Phi) is 7.32. The van der Waals surface area contributed by atoms with Gasteiger partial charge in [-0.25, -0.2) is 17.9 Å². The number of carbonyl (C=O) groups is 2. The largest absolute Gasteiger partial charge is 0.478 e. The lowest BCUT2D eigenvalue weighted by atomic mass is 10.0. The molecule has 0 spiro atoms. The van der Waals surface area contributed by atoms with Gasteiger partial charge in [-0.15, -0.1) is 0 Å². The number of nitrogens with one attached hydrogen (secondary N) is 2. The molecule has 0 unspecified atom stereocenters. The number of carboxylic acid groups (broad SMARTS) is 1. The summed E-state index contributed by atoms with van der Waals surface area (Å²) in [4.78, 5) is 35.9. The lowest BCUT2D eigenvalue weighted by molar-refractivity contribution is -0.154. The van der Waals surface area contributed by atoms with E-state index in [1.165, 1.54) is 24.3 Å². The van der Waals surface area contributed by atoms with Crippen LogP contribution in [0.3, 0.4) is 0 Å². The number of ether oxygens (including phenoxy) is 1. The van der Waals surface area contributed by atoms with Gasteiger partial charge in [-0.2, -0.15) is 28.1 Å². The van der Waals surface area contributed by atoms with E-state index >= 15 is 0 Å². The molecule has 3 N–H and O–H groups in total. The number of benzene rings is 2. The van der Waals surface area contributed by atoms with Crippen LogP contribution in [0.1, 0.15) is 63.4 Å². The first-order chi connectivity index (χ1) is 19.3. The van der Waals surface area contributed by atoms with E-state index < -0.39 is 51.5 Å². The molecular weight excluding hydrogens is 567 g/mol. The van der Waals surface area contributed by atoms with E-state index in [9.17, 15) is 31.2 Å². The second-order valence-corrected chi connectivity index (χ2v) is 11.9. The van der Waals surface area contributed by atoms with Gasteiger partial charge in [0.1, 0.15) is 5.82 Å². The summed E-state index contributed by atoms with van der Waals surface area (Å²) >= 11 is 0. The summed E-state index contributed by atoms with van der Waals surface area (Å²) in [5, 5.41) is 11.7. The van der Waals surface area contributed by atoms with E-state index in [4.69, 9.17) is 9.84 Å². The summed E-state index contributed by atoms with van der Waals surface area (Å²) in [6, 6.07) is 11.7. The number of hydrogen-bond acceptors (Lipinski definition) is 9. The highest BCUT2D eigenvalue weighted by molar-refractivity contribution is 7.91. The van der Waals surface area contributed by atoms with Crippen molar-refractivity contribution in [2.45, 2.75) is 49.1 Å². The van der Waals surface area contributed by atoms with Crippen molar-refractivity contribution in [3.63, 3.8) is 0 Å². The third-order valence-electron chi connectivity index (χ3n) is 6.59. The normalized spacial score (nSPS) is 16.1. The summed E-state index contributed by atoms with van der Waals surface area (Å²) in [5.74, 6) is -1.75. The highest BCUT2D eigenvalue weighted by Crippen LogP contribution is 2.48. The Morgan fingerprint density at radius 1 is 0.976 bits per heavy atom. The molecule has 11 nitrogen and oxygen atoms in total. The van der Waals surface area contributed by atoms with Crippen LogP contribution in [0, 0.1) is 0 Å². The second kappa shape index (κ2) is 10.6. The van der Waals surface area contributed by atoms with Crippen LogP contribution in [0.4, 0.5) is 19.1 Å². The van der Waals surface area contributed by atoms with Crippen LogP contribution in [0.2, 0.25) is 0 Å². The standard InChI is InChI=1S/C26H24F3N5O6S/c27-26(28,29)14-40-24-31-20(13-15-1-3-17(4-2-15)22(36)37)30-23(32-24)33-25(11-12-25)18-7-5-16(6-8-18)21(35)34-41(38,39)19-9-10-19/h1-8,19H,9-14H2,(H,34,35)(H,36,37)(H,30,31,32,33). The smallest absolute Gasteiger partial charge is 0.422 e. The van der Waals surface area contributed by atoms with E-state index in [0.29, 0.717) is 31.2 Å². The number of rotatable bonds is 11. The van der Waals surface area contributed by atoms with Gasteiger partial charge in [-0.3, -0.25) is 4.79 Å². The molecule has 2 aliphatic carbocycles. The second-order valence-electron chi connectivity index (χ2n) is 9.90. The minimum atomic E-state index is -4.61. The highest BCUT2D eigenvalue weighted by atomic mass is 32.2. The molecule has 2 fully saturated rings. The number of aromatic carboxylic acids is 1. The molecule has 15 heteroatoms. The Hall–Kier alpha value is -4.27. The van der Waals surface area contributed by atoms with Gasteiger partial charge in [-0.1, -0.05) is 24.3 Å². The molecule has 216 valence electrons. The fourth-order valence-electron chi connectivity index (χ4n) is 4.11. The van der Waals surface area contributed by atoms with E-state index in [0.717, 1.165) is 5.56 Å². The van der Waals surface area contributed by atoms with Gasteiger partial charge in [0.05, 0.1) is 16.4 Å². The number of anilines is 1. The monoisotopic (exact) mass is 591 g/mol. The number of nitrogens with zero attached hydrogens (tertiary/aromatic N) is 3. The predicted molar refractivity (Wildman–Crippen MR) is 138 cm³/mol. The SMILES string of the molecule is O=C(O)c1ccc(Cc2nc(NC3(c4ccc(C(=O)NS(=O)(=O)C5CC5)cc4)CC3)nc(OCC(F)(F)F)n2)cc1. The van der Waals surface area contributed by atoms with E-state index in [1.807, 2.05) is 0 Å². The maximum Gasteiger partial charge on any atom is 0.422 e. The Labute approximate surface area is 232 Å². The lowest BCUT2D eigenvalue weighted by Gasteiger charge is -2.19. The van der Waals surface area contributed by atoms with Gasteiger partial charge >= 0.3 is 18.2 Å². The fourth-order valence-corrected chi connectivity index (χ4v) is 5.41. The van der Waals surface area contributed by atoms with Crippen molar-refractivity contribution in [2.75, 3.05) is 11.9 Å². The minimum absolute atomic E-state index is 0.0239. The summed E-state index contributed by atoms with van der Waals surface area (Å²) < 4.78 is 69.4. The first-order valence-electron chi connectivity index (χ1n) is 12.5. The Morgan fingerprint density at radius 3 is 2.17 bits per heavy atom. The van der Waals surface area contributed by atoms with Gasteiger partial charge in [-0.05, 0) is 61.1 Å². The summed E-state index contributed by atoms with van der Waals surface area (Å²) in [7, 11) is -3.70. The lowest BCUT2D eigenvalue weighted by Crippen LogP contribution is -2.33. The maximum absolute atomic E-state index is 12.8. The molecule has 2 aromatic carbocycles. The first-order valence-corrected chi connectivity index (χ1v) is 14.1. The zero-order chi connectivity index (χ0) is 29.4. The first kappa shape index (κ1) is 28.3. The number of halogens is 3. The Balaban J connectivity index is 1.34. The third kappa shape index (κ3) is 7.09. The molecule has 1 amide bonds. The summed E-state index contributed by atoms with van der Waals surface area (Å²) in [5.41, 5.74) is 0.923. The van der Waals surface area contributed by atoms with E-state index in [1.54, 1.807) is 24.3 Å². The molecule has 2 saturated carbocycles. The molecule has 2 aliphatic rings. The molecular formula is C26H24F3N5O6S. The van der Waals surface area contributed by atoms with Crippen LogP contribution >= 0.6 is 0 Å². The molecule has 1 heterocycles. The average molecular weight is 592 g/mol. The number of hydrogen-bond donors (Lipinski definition) is 3. The zero-order valence-corrected chi connectivity index (χ0v) is 22.1. The van der Waals surface area contributed by atoms with Crippen LogP contribution < -0.4 is 14.8 Å². The summed E-state index contributed by atoms with van der Waals surface area (Å²) in [6.45, 7) is -1.60. The molecule has 3 aromatic rings. The molecule has 5 rings (SSSR count). The predicted octanol–water partition coefficient (Wildman–Crippen LogP) is 3.42. The van der Waals surface area contributed by atoms with Gasteiger partial charge in [0.2, 0.25) is 16.0 Å². The van der Waals surface area contributed by atoms with Crippen molar-refractivity contribution in [1.29, 1.82) is 0 Å². The highest BCUT2D eigenvalue weighted by Gasteiger charge is 2.45.